The largest absolute Gasteiger partial charge is 0.384 e. The third-order valence-corrected chi connectivity index (χ3v) is 3.26. The van der Waals surface area contributed by atoms with Crippen molar-refractivity contribution in [3.05, 3.63) is 35.4 Å². The molecule has 3 N–H and O–H groups in total. The van der Waals surface area contributed by atoms with Crippen LogP contribution in [0.15, 0.2) is 24.3 Å². The van der Waals surface area contributed by atoms with Crippen molar-refractivity contribution in [1.82, 2.24) is 4.90 Å². The van der Waals surface area contributed by atoms with Crippen molar-refractivity contribution in [2.45, 2.75) is 18.9 Å². The van der Waals surface area contributed by atoms with Gasteiger partial charge in [0.15, 0.2) is 0 Å². The topological polar surface area (TPSA) is 83.6 Å². The van der Waals surface area contributed by atoms with Gasteiger partial charge in [0.1, 0.15) is 12.6 Å². The van der Waals surface area contributed by atoms with Gasteiger partial charge < -0.3 is 15.7 Å². The minimum atomic E-state index is -0.519. The van der Waals surface area contributed by atoms with Crippen molar-refractivity contribution in [2.75, 3.05) is 13.2 Å². The first-order valence-electron chi connectivity index (χ1n) is 6.43. The summed E-state index contributed by atoms with van der Waals surface area (Å²) in [5.41, 5.74) is 6.44. The minimum absolute atomic E-state index is 0.209. The molecule has 1 heterocycles. The Hall–Kier alpha value is -2.32. The molecule has 1 aromatic rings. The smallest absolute Gasteiger partial charge is 0.254 e. The van der Waals surface area contributed by atoms with Gasteiger partial charge in [-0.15, -0.1) is 0 Å². The molecule has 1 aliphatic rings. The van der Waals surface area contributed by atoms with Crippen molar-refractivity contribution >= 4 is 11.8 Å². The Kier molecular flexibility index (Phi) is 4.38. The highest BCUT2D eigenvalue weighted by Gasteiger charge is 2.33. The lowest BCUT2D eigenvalue weighted by Crippen LogP contribution is -2.43. The van der Waals surface area contributed by atoms with Crippen LogP contribution in [0, 0.1) is 11.8 Å². The Labute approximate surface area is 117 Å². The standard InChI is InChI=1S/C15H16N2O3/c16-14(19)13-7-2-8-17(13)15(20)12-6-1-4-11(10-12)5-3-9-18/h1,4,6,10,13,18H,2,7-9H2,(H2,16,19). The summed E-state index contributed by atoms with van der Waals surface area (Å²) in [6, 6.07) is 6.30. The lowest BCUT2D eigenvalue weighted by Gasteiger charge is -2.22. The highest BCUT2D eigenvalue weighted by Crippen LogP contribution is 2.20. The second kappa shape index (κ2) is 6.22. The molecule has 20 heavy (non-hydrogen) atoms. The van der Waals surface area contributed by atoms with E-state index in [2.05, 4.69) is 11.8 Å². The van der Waals surface area contributed by atoms with Crippen LogP contribution < -0.4 is 5.73 Å². The molecule has 1 aromatic carbocycles. The van der Waals surface area contributed by atoms with E-state index < -0.39 is 11.9 Å². The summed E-state index contributed by atoms with van der Waals surface area (Å²) in [6.45, 7) is 0.313. The number of amides is 2. The van der Waals surface area contributed by atoms with Gasteiger partial charge in [-0.25, -0.2) is 0 Å². The van der Waals surface area contributed by atoms with E-state index in [0.717, 1.165) is 6.42 Å². The number of benzene rings is 1. The lowest BCUT2D eigenvalue weighted by molar-refractivity contribution is -0.121. The quantitative estimate of drug-likeness (QED) is 0.750. The number of nitrogens with two attached hydrogens (primary N) is 1. The maximum atomic E-state index is 12.4. The van der Waals surface area contributed by atoms with Gasteiger partial charge in [-0.1, -0.05) is 17.9 Å². The maximum absolute atomic E-state index is 12.4. The highest BCUT2D eigenvalue weighted by atomic mass is 16.2. The van der Waals surface area contributed by atoms with Gasteiger partial charge in [0.2, 0.25) is 5.91 Å². The first-order valence-corrected chi connectivity index (χ1v) is 6.43. The number of hydrogen-bond donors (Lipinski definition) is 2. The van der Waals surface area contributed by atoms with Crippen LogP contribution in [0.5, 0.6) is 0 Å². The van der Waals surface area contributed by atoms with E-state index in [1.165, 1.54) is 4.90 Å². The zero-order chi connectivity index (χ0) is 14.5. The third-order valence-electron chi connectivity index (χ3n) is 3.26. The Morgan fingerprint density at radius 3 is 2.95 bits per heavy atom. The van der Waals surface area contributed by atoms with Crippen LogP contribution >= 0.6 is 0 Å². The average molecular weight is 272 g/mol. The van der Waals surface area contributed by atoms with Gasteiger partial charge in [-0.2, -0.15) is 0 Å². The number of hydrogen-bond acceptors (Lipinski definition) is 3. The Morgan fingerprint density at radius 1 is 1.45 bits per heavy atom. The van der Waals surface area contributed by atoms with E-state index in [4.69, 9.17) is 10.8 Å². The fourth-order valence-corrected chi connectivity index (χ4v) is 2.34. The number of likely N-dealkylation sites (tertiary alicyclic amines) is 1. The van der Waals surface area contributed by atoms with Gasteiger partial charge >= 0.3 is 0 Å². The first-order chi connectivity index (χ1) is 9.63. The number of carbonyl (C=O) groups excluding carboxylic acids is 2. The molecule has 0 aromatic heterocycles. The molecule has 1 fully saturated rings. The molecule has 1 saturated heterocycles. The molecule has 0 saturated carbocycles. The number of aliphatic hydroxyl groups is 1. The summed E-state index contributed by atoms with van der Waals surface area (Å²) in [7, 11) is 0. The van der Waals surface area contributed by atoms with E-state index in [9.17, 15) is 9.59 Å². The zero-order valence-corrected chi connectivity index (χ0v) is 11.0. The van der Waals surface area contributed by atoms with E-state index >= 15 is 0 Å². The molecule has 2 rings (SSSR count). The average Bonchev–Trinajstić information content (AvgIpc) is 2.94. The van der Waals surface area contributed by atoms with Gasteiger partial charge in [0.25, 0.3) is 5.91 Å². The van der Waals surface area contributed by atoms with Gasteiger partial charge in [0, 0.05) is 17.7 Å². The van der Waals surface area contributed by atoms with Crippen molar-refractivity contribution < 1.29 is 14.7 Å². The molecule has 0 spiro atoms. The summed E-state index contributed by atoms with van der Waals surface area (Å²) in [5, 5.41) is 8.67. The van der Waals surface area contributed by atoms with Crippen LogP contribution in [-0.4, -0.2) is 41.0 Å². The number of carbonyl (C=O) groups is 2. The van der Waals surface area contributed by atoms with E-state index in [0.29, 0.717) is 24.1 Å². The lowest BCUT2D eigenvalue weighted by atomic mass is 10.1. The SMILES string of the molecule is NC(=O)C1CCCN1C(=O)c1cccc(C#CCO)c1. The molecule has 5 nitrogen and oxygen atoms in total. The molecule has 0 radical (unpaired) electrons. The summed E-state index contributed by atoms with van der Waals surface area (Å²) < 4.78 is 0. The van der Waals surface area contributed by atoms with Crippen molar-refractivity contribution in [1.29, 1.82) is 0 Å². The summed E-state index contributed by atoms with van der Waals surface area (Å²) in [5.74, 6) is 4.61. The second-order valence-electron chi connectivity index (χ2n) is 4.60. The van der Waals surface area contributed by atoms with Crippen LogP contribution in [0.3, 0.4) is 0 Å². The van der Waals surface area contributed by atoms with Gasteiger partial charge in [-0.3, -0.25) is 9.59 Å². The third kappa shape index (κ3) is 2.98. The minimum Gasteiger partial charge on any atom is -0.384 e. The van der Waals surface area contributed by atoms with Gasteiger partial charge in [-0.05, 0) is 31.0 Å². The van der Waals surface area contributed by atoms with Crippen LogP contribution in [0.2, 0.25) is 0 Å². The molecule has 0 aliphatic carbocycles. The molecule has 1 aliphatic heterocycles. The molecular formula is C15H16N2O3. The normalized spacial score (nSPS) is 17.4. The maximum Gasteiger partial charge on any atom is 0.254 e. The number of rotatable bonds is 2. The number of nitrogens with zero attached hydrogens (tertiary/aromatic N) is 1. The molecular weight excluding hydrogens is 256 g/mol. The molecule has 0 bridgehead atoms. The van der Waals surface area contributed by atoms with Crippen molar-refractivity contribution in [3.8, 4) is 11.8 Å². The molecule has 1 unspecified atom stereocenters. The van der Waals surface area contributed by atoms with Crippen LogP contribution in [0.1, 0.15) is 28.8 Å². The Balaban J connectivity index is 2.22. The van der Waals surface area contributed by atoms with E-state index in [1.807, 2.05) is 0 Å². The predicted octanol–water partition coefficient (Wildman–Crippen LogP) is 0.120. The summed E-state index contributed by atoms with van der Waals surface area (Å²) in [6.07, 6.45) is 1.40. The van der Waals surface area contributed by atoms with Crippen LogP contribution in [0.4, 0.5) is 0 Å². The molecule has 104 valence electrons. The Morgan fingerprint density at radius 2 is 2.25 bits per heavy atom. The Bertz CT molecular complexity index is 586. The number of primary amides is 1. The summed E-state index contributed by atoms with van der Waals surface area (Å²) >= 11 is 0. The molecule has 5 heteroatoms. The van der Waals surface area contributed by atoms with Crippen molar-refractivity contribution in [2.24, 2.45) is 5.73 Å². The fraction of sp³-hybridized carbons (Fsp3) is 0.333. The monoisotopic (exact) mass is 272 g/mol. The predicted molar refractivity (Wildman–Crippen MR) is 73.7 cm³/mol. The van der Waals surface area contributed by atoms with Crippen LogP contribution in [0.25, 0.3) is 0 Å². The summed E-state index contributed by atoms with van der Waals surface area (Å²) in [4.78, 5) is 25.3. The molecule has 1 atom stereocenters. The van der Waals surface area contributed by atoms with E-state index in [-0.39, 0.29) is 12.5 Å². The van der Waals surface area contributed by atoms with E-state index in [1.54, 1.807) is 24.3 Å². The molecule has 2 amide bonds. The van der Waals surface area contributed by atoms with Crippen LogP contribution in [-0.2, 0) is 4.79 Å². The van der Waals surface area contributed by atoms with Gasteiger partial charge in [0.05, 0.1) is 0 Å². The highest BCUT2D eigenvalue weighted by molar-refractivity contribution is 5.98. The zero-order valence-electron chi connectivity index (χ0n) is 11.0. The fourth-order valence-electron chi connectivity index (χ4n) is 2.34. The van der Waals surface area contributed by atoms with Crippen molar-refractivity contribution in [3.63, 3.8) is 0 Å². The number of aliphatic hydroxyl groups excluding tert-OH is 1. The second-order valence-corrected chi connectivity index (χ2v) is 4.60. The first kappa shape index (κ1) is 14.1.